The van der Waals surface area contributed by atoms with E-state index in [2.05, 4.69) is 27.2 Å². The van der Waals surface area contributed by atoms with Crippen LogP contribution in [0.25, 0.3) is 17.6 Å². The molecule has 0 atom stereocenters. The van der Waals surface area contributed by atoms with E-state index in [0.717, 1.165) is 22.6 Å². The third-order valence-electron chi connectivity index (χ3n) is 3.20. The summed E-state index contributed by atoms with van der Waals surface area (Å²) in [6.07, 6.45) is 7.11. The standard InChI is InChI=1S/C15H16N6/c1-3-21-10-12(9-18-21)8-16-14-7-5-4-6-13(14)15-19-17-11-20(15)2/h3-7,9-11,16H,1,8H2,2H3. The van der Waals surface area contributed by atoms with Crippen LogP contribution >= 0.6 is 0 Å². The van der Waals surface area contributed by atoms with Crippen molar-refractivity contribution >= 4 is 11.9 Å². The predicted molar refractivity (Wildman–Crippen MR) is 82.4 cm³/mol. The fraction of sp³-hybridized carbons (Fsp3) is 0.133. The van der Waals surface area contributed by atoms with E-state index < -0.39 is 0 Å². The van der Waals surface area contributed by atoms with E-state index in [1.165, 1.54) is 0 Å². The molecule has 0 radical (unpaired) electrons. The molecule has 6 nitrogen and oxygen atoms in total. The topological polar surface area (TPSA) is 60.6 Å². The van der Waals surface area contributed by atoms with Crippen molar-refractivity contribution in [2.45, 2.75) is 6.54 Å². The molecule has 6 heteroatoms. The minimum absolute atomic E-state index is 0.683. The molecule has 0 spiro atoms. The van der Waals surface area contributed by atoms with Crippen molar-refractivity contribution in [2.24, 2.45) is 7.05 Å². The molecule has 2 aromatic heterocycles. The van der Waals surface area contributed by atoms with Crippen LogP contribution in [-0.2, 0) is 13.6 Å². The first-order valence-electron chi connectivity index (χ1n) is 6.61. The highest BCUT2D eigenvalue weighted by molar-refractivity contribution is 5.73. The number of aromatic nitrogens is 5. The molecule has 0 aliphatic heterocycles. The summed E-state index contributed by atoms with van der Waals surface area (Å²) in [4.78, 5) is 0. The van der Waals surface area contributed by atoms with Crippen molar-refractivity contribution in [3.63, 3.8) is 0 Å². The molecule has 2 heterocycles. The Bertz CT molecular complexity index is 755. The van der Waals surface area contributed by atoms with Crippen LogP contribution in [0.15, 0.2) is 49.6 Å². The van der Waals surface area contributed by atoms with E-state index >= 15 is 0 Å². The summed E-state index contributed by atoms with van der Waals surface area (Å²) in [5.74, 6) is 0.833. The first-order valence-corrected chi connectivity index (χ1v) is 6.61. The Hall–Kier alpha value is -2.89. The third-order valence-corrected chi connectivity index (χ3v) is 3.20. The van der Waals surface area contributed by atoms with E-state index in [1.807, 2.05) is 48.3 Å². The van der Waals surface area contributed by atoms with Gasteiger partial charge < -0.3 is 9.88 Å². The van der Waals surface area contributed by atoms with Crippen LogP contribution in [-0.4, -0.2) is 24.5 Å². The molecule has 0 aliphatic carbocycles. The average Bonchev–Trinajstić information content (AvgIpc) is 3.14. The molecule has 0 aliphatic rings. The molecule has 0 saturated carbocycles. The predicted octanol–water partition coefficient (Wildman–Crippen LogP) is 2.39. The number of anilines is 1. The summed E-state index contributed by atoms with van der Waals surface area (Å²) in [5, 5.41) is 15.7. The number of rotatable bonds is 5. The Morgan fingerprint density at radius 2 is 2.19 bits per heavy atom. The summed E-state index contributed by atoms with van der Waals surface area (Å²) in [6, 6.07) is 8.04. The molecule has 0 bridgehead atoms. The quantitative estimate of drug-likeness (QED) is 0.779. The van der Waals surface area contributed by atoms with Crippen molar-refractivity contribution in [3.8, 4) is 11.4 Å². The highest BCUT2D eigenvalue weighted by atomic mass is 15.3. The second-order valence-corrected chi connectivity index (χ2v) is 4.68. The van der Waals surface area contributed by atoms with Crippen molar-refractivity contribution in [1.82, 2.24) is 24.5 Å². The van der Waals surface area contributed by atoms with Gasteiger partial charge in [0.15, 0.2) is 5.82 Å². The van der Waals surface area contributed by atoms with Gasteiger partial charge in [0, 0.05) is 42.8 Å². The Labute approximate surface area is 122 Å². The Balaban J connectivity index is 1.83. The van der Waals surface area contributed by atoms with Crippen LogP contribution in [0.4, 0.5) is 5.69 Å². The van der Waals surface area contributed by atoms with Gasteiger partial charge in [0.25, 0.3) is 0 Å². The zero-order valence-corrected chi connectivity index (χ0v) is 11.8. The minimum Gasteiger partial charge on any atom is -0.380 e. The molecule has 1 N–H and O–H groups in total. The smallest absolute Gasteiger partial charge is 0.165 e. The SMILES string of the molecule is C=Cn1cc(CNc2ccccc2-c2nncn2C)cn1. The van der Waals surface area contributed by atoms with Gasteiger partial charge in [-0.25, -0.2) is 4.68 Å². The third kappa shape index (κ3) is 2.69. The fourth-order valence-corrected chi connectivity index (χ4v) is 2.13. The Morgan fingerprint density at radius 3 is 2.90 bits per heavy atom. The van der Waals surface area contributed by atoms with E-state index in [0.29, 0.717) is 6.54 Å². The maximum Gasteiger partial charge on any atom is 0.165 e. The first kappa shape index (κ1) is 13.1. The molecule has 21 heavy (non-hydrogen) atoms. The van der Waals surface area contributed by atoms with Crippen LogP contribution in [0.3, 0.4) is 0 Å². The Morgan fingerprint density at radius 1 is 1.33 bits per heavy atom. The molecule has 0 saturated heterocycles. The summed E-state index contributed by atoms with van der Waals surface area (Å²) in [5.41, 5.74) is 3.12. The minimum atomic E-state index is 0.683. The van der Waals surface area contributed by atoms with E-state index in [-0.39, 0.29) is 0 Å². The zero-order chi connectivity index (χ0) is 14.7. The summed E-state index contributed by atoms with van der Waals surface area (Å²) in [7, 11) is 1.93. The van der Waals surface area contributed by atoms with Crippen molar-refractivity contribution in [2.75, 3.05) is 5.32 Å². The number of nitrogens with zero attached hydrogens (tertiary/aromatic N) is 5. The van der Waals surface area contributed by atoms with Crippen LogP contribution in [0.5, 0.6) is 0 Å². The summed E-state index contributed by atoms with van der Waals surface area (Å²) < 4.78 is 3.59. The van der Waals surface area contributed by atoms with Gasteiger partial charge >= 0.3 is 0 Å². The molecule has 0 fully saturated rings. The second kappa shape index (κ2) is 5.62. The fourth-order valence-electron chi connectivity index (χ4n) is 2.13. The van der Waals surface area contributed by atoms with Crippen LogP contribution in [0.1, 0.15) is 5.56 Å². The lowest BCUT2D eigenvalue weighted by Gasteiger charge is -2.10. The number of aryl methyl sites for hydroxylation is 1. The van der Waals surface area contributed by atoms with E-state index in [1.54, 1.807) is 17.2 Å². The molecule has 3 aromatic rings. The molecular formula is C15H16N6. The van der Waals surface area contributed by atoms with Gasteiger partial charge in [-0.3, -0.25) is 0 Å². The van der Waals surface area contributed by atoms with Crippen molar-refractivity contribution in [3.05, 3.63) is 55.1 Å². The lowest BCUT2D eigenvalue weighted by atomic mass is 10.1. The first-order chi connectivity index (χ1) is 10.3. The summed E-state index contributed by atoms with van der Waals surface area (Å²) >= 11 is 0. The van der Waals surface area contributed by atoms with Crippen molar-refractivity contribution < 1.29 is 0 Å². The lowest BCUT2D eigenvalue weighted by Crippen LogP contribution is -2.02. The van der Waals surface area contributed by atoms with E-state index in [4.69, 9.17) is 0 Å². The highest BCUT2D eigenvalue weighted by Gasteiger charge is 2.09. The van der Waals surface area contributed by atoms with Gasteiger partial charge in [0.05, 0.1) is 6.20 Å². The number of hydrogen-bond acceptors (Lipinski definition) is 4. The van der Waals surface area contributed by atoms with Crippen LogP contribution < -0.4 is 5.32 Å². The maximum absolute atomic E-state index is 4.17. The van der Waals surface area contributed by atoms with Crippen molar-refractivity contribution in [1.29, 1.82) is 0 Å². The molecular weight excluding hydrogens is 264 g/mol. The zero-order valence-electron chi connectivity index (χ0n) is 11.8. The number of benzene rings is 1. The molecule has 3 rings (SSSR count). The summed E-state index contributed by atoms with van der Waals surface area (Å²) in [6.45, 7) is 4.37. The highest BCUT2D eigenvalue weighted by Crippen LogP contribution is 2.25. The molecule has 0 amide bonds. The molecule has 106 valence electrons. The van der Waals surface area contributed by atoms with Crippen LogP contribution in [0.2, 0.25) is 0 Å². The van der Waals surface area contributed by atoms with Gasteiger partial charge in [0.1, 0.15) is 6.33 Å². The largest absolute Gasteiger partial charge is 0.380 e. The number of hydrogen-bond donors (Lipinski definition) is 1. The van der Waals surface area contributed by atoms with E-state index in [9.17, 15) is 0 Å². The lowest BCUT2D eigenvalue weighted by molar-refractivity contribution is 0.919. The molecule has 0 unspecified atom stereocenters. The second-order valence-electron chi connectivity index (χ2n) is 4.68. The normalized spacial score (nSPS) is 10.5. The van der Waals surface area contributed by atoms with Gasteiger partial charge in [-0.15, -0.1) is 10.2 Å². The van der Waals surface area contributed by atoms with Gasteiger partial charge in [-0.1, -0.05) is 18.7 Å². The van der Waals surface area contributed by atoms with Gasteiger partial charge in [0.2, 0.25) is 0 Å². The molecule has 1 aromatic carbocycles. The Kier molecular flexibility index (Phi) is 3.51. The van der Waals surface area contributed by atoms with Gasteiger partial charge in [-0.05, 0) is 12.1 Å². The maximum atomic E-state index is 4.17. The van der Waals surface area contributed by atoms with Gasteiger partial charge in [-0.2, -0.15) is 5.10 Å². The average molecular weight is 280 g/mol. The number of para-hydroxylation sites is 1. The number of nitrogens with one attached hydrogen (secondary N) is 1. The van der Waals surface area contributed by atoms with Crippen LogP contribution in [0, 0.1) is 0 Å². The monoisotopic (exact) mass is 280 g/mol.